The van der Waals surface area contributed by atoms with Crippen LogP contribution in [0, 0.1) is 12.8 Å². The van der Waals surface area contributed by atoms with E-state index in [2.05, 4.69) is 4.98 Å². The Bertz CT molecular complexity index is 757. The van der Waals surface area contributed by atoms with Gasteiger partial charge in [-0.1, -0.05) is 0 Å². The summed E-state index contributed by atoms with van der Waals surface area (Å²) in [5.41, 5.74) is 1.43. The SMILES string of the molecule is Cc1nc(COc2ccc(C(=O)N3CCCC(C(=O)O)C3)cc2)cs1. The molecule has 0 radical (unpaired) electrons. The molecule has 1 fully saturated rings. The molecule has 6 nitrogen and oxygen atoms in total. The Morgan fingerprint density at radius 3 is 2.76 bits per heavy atom. The Kier molecular flexibility index (Phi) is 5.33. The maximum Gasteiger partial charge on any atom is 0.308 e. The molecule has 1 saturated heterocycles. The van der Waals surface area contributed by atoms with Gasteiger partial charge in [-0.3, -0.25) is 9.59 Å². The van der Waals surface area contributed by atoms with Crippen molar-refractivity contribution in [2.75, 3.05) is 13.1 Å². The number of aromatic nitrogens is 1. The summed E-state index contributed by atoms with van der Waals surface area (Å²) in [4.78, 5) is 29.6. The molecule has 1 unspecified atom stereocenters. The van der Waals surface area contributed by atoms with Gasteiger partial charge >= 0.3 is 5.97 Å². The Balaban J connectivity index is 1.59. The lowest BCUT2D eigenvalue weighted by Gasteiger charge is -2.30. The molecule has 1 atom stereocenters. The van der Waals surface area contributed by atoms with Crippen LogP contribution in [-0.2, 0) is 11.4 Å². The molecule has 2 heterocycles. The largest absolute Gasteiger partial charge is 0.487 e. The number of likely N-dealkylation sites (tertiary alicyclic amines) is 1. The molecule has 1 aromatic heterocycles. The molecule has 2 aromatic rings. The monoisotopic (exact) mass is 360 g/mol. The number of benzene rings is 1. The molecule has 1 aliphatic heterocycles. The summed E-state index contributed by atoms with van der Waals surface area (Å²) >= 11 is 1.58. The predicted octanol–water partition coefficient (Wildman–Crippen LogP) is 2.97. The zero-order chi connectivity index (χ0) is 17.8. The molecular weight excluding hydrogens is 340 g/mol. The molecule has 0 spiro atoms. The normalized spacial score (nSPS) is 17.3. The minimum Gasteiger partial charge on any atom is -0.487 e. The van der Waals surface area contributed by atoms with Gasteiger partial charge in [-0.05, 0) is 44.0 Å². The van der Waals surface area contributed by atoms with Gasteiger partial charge in [0, 0.05) is 24.0 Å². The molecule has 1 aliphatic rings. The number of hydrogen-bond donors (Lipinski definition) is 1. The molecule has 3 rings (SSSR count). The second-order valence-electron chi connectivity index (χ2n) is 6.10. The van der Waals surface area contributed by atoms with E-state index in [1.54, 1.807) is 40.5 Å². The maximum absolute atomic E-state index is 12.5. The molecule has 0 aliphatic carbocycles. The zero-order valence-electron chi connectivity index (χ0n) is 14.0. The topological polar surface area (TPSA) is 79.7 Å². The summed E-state index contributed by atoms with van der Waals surface area (Å²) in [5.74, 6) is -0.766. The number of nitrogens with zero attached hydrogens (tertiary/aromatic N) is 2. The lowest BCUT2D eigenvalue weighted by atomic mass is 9.97. The molecule has 0 bridgehead atoms. The second-order valence-corrected chi connectivity index (χ2v) is 7.16. The average molecular weight is 360 g/mol. The van der Waals surface area contributed by atoms with Crippen LogP contribution < -0.4 is 4.74 Å². The first-order valence-corrected chi connectivity index (χ1v) is 9.07. The van der Waals surface area contributed by atoms with Crippen molar-refractivity contribution in [3.05, 3.63) is 45.9 Å². The van der Waals surface area contributed by atoms with Crippen LogP contribution in [0.5, 0.6) is 5.75 Å². The second kappa shape index (κ2) is 7.65. The third-order valence-corrected chi connectivity index (χ3v) is 5.03. The van der Waals surface area contributed by atoms with E-state index in [1.165, 1.54) is 0 Å². The van der Waals surface area contributed by atoms with E-state index in [9.17, 15) is 9.59 Å². The minimum absolute atomic E-state index is 0.132. The number of aliphatic carboxylic acids is 1. The Morgan fingerprint density at radius 2 is 2.12 bits per heavy atom. The van der Waals surface area contributed by atoms with E-state index in [0.29, 0.717) is 30.9 Å². The quantitative estimate of drug-likeness (QED) is 0.887. The van der Waals surface area contributed by atoms with Crippen molar-refractivity contribution >= 4 is 23.2 Å². The third-order valence-electron chi connectivity index (χ3n) is 4.21. The van der Waals surface area contributed by atoms with E-state index >= 15 is 0 Å². The number of carboxylic acids is 1. The molecule has 1 N–H and O–H groups in total. The number of thiazole rings is 1. The van der Waals surface area contributed by atoms with Gasteiger partial charge in [-0.2, -0.15) is 0 Å². The predicted molar refractivity (Wildman–Crippen MR) is 93.9 cm³/mol. The van der Waals surface area contributed by atoms with Gasteiger partial charge in [0.1, 0.15) is 12.4 Å². The highest BCUT2D eigenvalue weighted by molar-refractivity contribution is 7.09. The zero-order valence-corrected chi connectivity index (χ0v) is 14.8. The van der Waals surface area contributed by atoms with Crippen LogP contribution in [0.4, 0.5) is 0 Å². The summed E-state index contributed by atoms with van der Waals surface area (Å²) in [6.07, 6.45) is 1.35. The van der Waals surface area contributed by atoms with Crippen molar-refractivity contribution in [1.82, 2.24) is 9.88 Å². The summed E-state index contributed by atoms with van der Waals surface area (Å²) in [6, 6.07) is 6.94. The van der Waals surface area contributed by atoms with Crippen molar-refractivity contribution in [2.24, 2.45) is 5.92 Å². The number of piperidine rings is 1. The number of carbonyl (C=O) groups excluding carboxylic acids is 1. The molecule has 1 amide bonds. The molecular formula is C18H20N2O4S. The number of ether oxygens (including phenoxy) is 1. The number of carboxylic acid groups (broad SMARTS) is 1. The number of hydrogen-bond acceptors (Lipinski definition) is 5. The van der Waals surface area contributed by atoms with E-state index in [1.807, 2.05) is 12.3 Å². The highest BCUT2D eigenvalue weighted by atomic mass is 32.1. The first-order chi connectivity index (χ1) is 12.0. The van der Waals surface area contributed by atoms with Crippen molar-refractivity contribution in [3.63, 3.8) is 0 Å². The number of amides is 1. The van der Waals surface area contributed by atoms with Gasteiger partial charge < -0.3 is 14.7 Å². The first kappa shape index (κ1) is 17.4. The van der Waals surface area contributed by atoms with Crippen LogP contribution in [0.3, 0.4) is 0 Å². The maximum atomic E-state index is 12.5. The van der Waals surface area contributed by atoms with Crippen LogP contribution in [-0.4, -0.2) is 40.0 Å². The van der Waals surface area contributed by atoms with Gasteiger partial charge in [-0.25, -0.2) is 4.98 Å². The first-order valence-electron chi connectivity index (χ1n) is 8.19. The number of carbonyl (C=O) groups is 2. The smallest absolute Gasteiger partial charge is 0.308 e. The van der Waals surface area contributed by atoms with E-state index in [-0.39, 0.29) is 12.5 Å². The standard InChI is InChI=1S/C18H20N2O4S/c1-12-19-15(11-25-12)10-24-16-6-4-13(5-7-16)17(21)20-8-2-3-14(9-20)18(22)23/h4-7,11,14H,2-3,8-10H2,1H3,(H,22,23). The van der Waals surface area contributed by atoms with Crippen molar-refractivity contribution < 1.29 is 19.4 Å². The van der Waals surface area contributed by atoms with Gasteiger partial charge in [0.25, 0.3) is 5.91 Å². The lowest BCUT2D eigenvalue weighted by molar-refractivity contribution is -0.143. The van der Waals surface area contributed by atoms with Gasteiger partial charge in [0.15, 0.2) is 0 Å². The lowest BCUT2D eigenvalue weighted by Crippen LogP contribution is -2.42. The van der Waals surface area contributed by atoms with Crippen molar-refractivity contribution in [3.8, 4) is 5.75 Å². The van der Waals surface area contributed by atoms with Gasteiger partial charge in [-0.15, -0.1) is 11.3 Å². The highest BCUT2D eigenvalue weighted by Crippen LogP contribution is 2.21. The van der Waals surface area contributed by atoms with Gasteiger partial charge in [0.05, 0.1) is 16.6 Å². The summed E-state index contributed by atoms with van der Waals surface area (Å²) in [5, 5.41) is 12.1. The number of rotatable bonds is 5. The fraction of sp³-hybridized carbons (Fsp3) is 0.389. The van der Waals surface area contributed by atoms with E-state index < -0.39 is 11.9 Å². The summed E-state index contributed by atoms with van der Waals surface area (Å²) < 4.78 is 5.68. The minimum atomic E-state index is -0.835. The molecule has 0 saturated carbocycles. The summed E-state index contributed by atoms with van der Waals surface area (Å²) in [6.45, 7) is 3.22. The van der Waals surface area contributed by atoms with Crippen molar-refractivity contribution in [1.29, 1.82) is 0 Å². The molecule has 25 heavy (non-hydrogen) atoms. The van der Waals surface area contributed by atoms with E-state index in [0.717, 1.165) is 17.1 Å². The third kappa shape index (κ3) is 4.36. The summed E-state index contributed by atoms with van der Waals surface area (Å²) in [7, 11) is 0. The Labute approximate surface area is 150 Å². The Morgan fingerprint density at radius 1 is 1.36 bits per heavy atom. The van der Waals surface area contributed by atoms with Crippen LogP contribution in [0.2, 0.25) is 0 Å². The van der Waals surface area contributed by atoms with Gasteiger partial charge in [0.2, 0.25) is 0 Å². The molecule has 7 heteroatoms. The average Bonchev–Trinajstić information content (AvgIpc) is 3.05. The number of aryl methyl sites for hydroxylation is 1. The fourth-order valence-electron chi connectivity index (χ4n) is 2.87. The highest BCUT2D eigenvalue weighted by Gasteiger charge is 2.28. The van der Waals surface area contributed by atoms with Crippen LogP contribution in [0.15, 0.2) is 29.6 Å². The van der Waals surface area contributed by atoms with Crippen molar-refractivity contribution in [2.45, 2.75) is 26.4 Å². The van der Waals surface area contributed by atoms with Crippen LogP contribution >= 0.6 is 11.3 Å². The van der Waals surface area contributed by atoms with E-state index in [4.69, 9.17) is 9.84 Å². The van der Waals surface area contributed by atoms with Crippen LogP contribution in [0.1, 0.15) is 33.9 Å². The fourth-order valence-corrected chi connectivity index (χ4v) is 3.47. The molecule has 132 valence electrons. The molecule has 1 aromatic carbocycles. The van der Waals surface area contributed by atoms with Crippen LogP contribution in [0.25, 0.3) is 0 Å². The Hall–Kier alpha value is -2.41.